The highest BCUT2D eigenvalue weighted by Gasteiger charge is 2.45. The van der Waals surface area contributed by atoms with Gasteiger partial charge in [0.25, 0.3) is 17.4 Å². The van der Waals surface area contributed by atoms with Crippen molar-refractivity contribution in [2.45, 2.75) is 32.9 Å². The first-order chi connectivity index (χ1) is 14.4. The maximum atomic E-state index is 12.9. The van der Waals surface area contributed by atoms with Gasteiger partial charge < -0.3 is 19.5 Å². The number of fused-ring (bicyclic) bond motifs is 1. The van der Waals surface area contributed by atoms with Gasteiger partial charge in [-0.05, 0) is 37.5 Å². The van der Waals surface area contributed by atoms with Crippen molar-refractivity contribution in [3.8, 4) is 0 Å². The van der Waals surface area contributed by atoms with Crippen molar-refractivity contribution >= 4 is 11.8 Å². The second kappa shape index (κ2) is 8.07. The Morgan fingerprint density at radius 2 is 1.83 bits per heavy atom. The Hall–Kier alpha value is -2.93. The SMILES string of the molecule is COCC1(CN2CCn3c(ccc(C(=O)NCc4ccc(C)cc4)c3=O)C2=O)CC1. The Morgan fingerprint density at radius 3 is 2.50 bits per heavy atom. The minimum Gasteiger partial charge on any atom is -0.384 e. The van der Waals surface area contributed by atoms with Crippen LogP contribution in [0.2, 0.25) is 0 Å². The van der Waals surface area contributed by atoms with Gasteiger partial charge in [0.2, 0.25) is 0 Å². The molecule has 1 N–H and O–H groups in total. The highest BCUT2D eigenvalue weighted by molar-refractivity contribution is 5.96. The van der Waals surface area contributed by atoms with Crippen LogP contribution >= 0.6 is 0 Å². The molecule has 7 heteroatoms. The molecule has 2 aromatic rings. The van der Waals surface area contributed by atoms with Crippen molar-refractivity contribution in [3.63, 3.8) is 0 Å². The Balaban J connectivity index is 1.47. The summed E-state index contributed by atoms with van der Waals surface area (Å²) in [6.45, 7) is 4.49. The fourth-order valence-corrected chi connectivity index (χ4v) is 4.01. The first-order valence-electron chi connectivity index (χ1n) is 10.3. The van der Waals surface area contributed by atoms with E-state index < -0.39 is 11.5 Å². The third-order valence-electron chi connectivity index (χ3n) is 6.03. The van der Waals surface area contributed by atoms with E-state index >= 15 is 0 Å². The number of methoxy groups -OCH3 is 1. The van der Waals surface area contributed by atoms with Crippen LogP contribution < -0.4 is 10.9 Å². The van der Waals surface area contributed by atoms with Crippen LogP contribution in [0.15, 0.2) is 41.2 Å². The highest BCUT2D eigenvalue weighted by Crippen LogP contribution is 2.46. The van der Waals surface area contributed by atoms with E-state index in [1.54, 1.807) is 18.1 Å². The summed E-state index contributed by atoms with van der Waals surface area (Å²) in [7, 11) is 1.68. The van der Waals surface area contributed by atoms with Gasteiger partial charge in [-0.25, -0.2) is 0 Å². The molecule has 1 aromatic carbocycles. The minimum atomic E-state index is -0.428. The molecule has 1 aliphatic carbocycles. The summed E-state index contributed by atoms with van der Waals surface area (Å²) in [4.78, 5) is 40.2. The Morgan fingerprint density at radius 1 is 1.10 bits per heavy atom. The quantitative estimate of drug-likeness (QED) is 0.758. The van der Waals surface area contributed by atoms with Crippen molar-refractivity contribution in [2.24, 2.45) is 5.41 Å². The molecule has 0 saturated heterocycles. The second-order valence-corrected chi connectivity index (χ2v) is 8.42. The number of benzene rings is 1. The van der Waals surface area contributed by atoms with Gasteiger partial charge in [0.1, 0.15) is 11.3 Å². The molecule has 30 heavy (non-hydrogen) atoms. The molecule has 1 fully saturated rings. The lowest BCUT2D eigenvalue weighted by molar-refractivity contribution is 0.0583. The zero-order chi connectivity index (χ0) is 21.3. The molecule has 0 atom stereocenters. The molecule has 4 rings (SSSR count). The average Bonchev–Trinajstić information content (AvgIpc) is 3.49. The number of carbonyl (C=O) groups excluding carboxylic acids is 2. The maximum absolute atomic E-state index is 12.9. The van der Waals surface area contributed by atoms with Gasteiger partial charge in [-0.15, -0.1) is 0 Å². The van der Waals surface area contributed by atoms with Crippen LogP contribution in [0.1, 0.15) is 44.8 Å². The van der Waals surface area contributed by atoms with Gasteiger partial charge in [0.05, 0.1) is 6.61 Å². The van der Waals surface area contributed by atoms with Gasteiger partial charge in [0, 0.05) is 38.7 Å². The Bertz CT molecular complexity index is 1020. The first kappa shape index (κ1) is 20.3. The van der Waals surface area contributed by atoms with Crippen LogP contribution in [0.4, 0.5) is 0 Å². The number of pyridine rings is 1. The lowest BCUT2D eigenvalue weighted by Crippen LogP contribution is -2.48. The van der Waals surface area contributed by atoms with Gasteiger partial charge >= 0.3 is 0 Å². The zero-order valence-electron chi connectivity index (χ0n) is 17.4. The van der Waals surface area contributed by atoms with Crippen LogP contribution in [-0.4, -0.2) is 48.1 Å². The van der Waals surface area contributed by atoms with E-state index in [2.05, 4.69) is 5.32 Å². The largest absolute Gasteiger partial charge is 0.384 e. The zero-order valence-corrected chi connectivity index (χ0v) is 17.4. The van der Waals surface area contributed by atoms with Crippen molar-refractivity contribution < 1.29 is 14.3 Å². The lowest BCUT2D eigenvalue weighted by atomic mass is 10.1. The summed E-state index contributed by atoms with van der Waals surface area (Å²) in [5.41, 5.74) is 2.15. The van der Waals surface area contributed by atoms with E-state index in [0.29, 0.717) is 38.5 Å². The van der Waals surface area contributed by atoms with E-state index in [9.17, 15) is 14.4 Å². The molecule has 1 aromatic heterocycles. The molecule has 1 saturated carbocycles. The van der Waals surface area contributed by atoms with Crippen LogP contribution in [-0.2, 0) is 17.8 Å². The van der Waals surface area contributed by atoms with Crippen LogP contribution in [0.5, 0.6) is 0 Å². The second-order valence-electron chi connectivity index (χ2n) is 8.42. The maximum Gasteiger partial charge on any atom is 0.270 e. The number of nitrogens with one attached hydrogen (secondary N) is 1. The number of rotatable bonds is 7. The molecule has 0 bridgehead atoms. The fourth-order valence-electron chi connectivity index (χ4n) is 4.01. The molecular formula is C23H27N3O4. The molecule has 7 nitrogen and oxygen atoms in total. The van der Waals surface area contributed by atoms with Gasteiger partial charge in [-0.3, -0.25) is 14.4 Å². The molecular weight excluding hydrogens is 382 g/mol. The third kappa shape index (κ3) is 4.03. The molecule has 2 amide bonds. The Labute approximate surface area is 175 Å². The van der Waals surface area contributed by atoms with E-state index in [1.165, 1.54) is 10.6 Å². The number of ether oxygens (including phenoxy) is 1. The van der Waals surface area contributed by atoms with Crippen molar-refractivity contribution in [1.29, 1.82) is 0 Å². The normalized spacial score (nSPS) is 16.9. The monoisotopic (exact) mass is 409 g/mol. The number of nitrogens with zero attached hydrogens (tertiary/aromatic N) is 2. The van der Waals surface area contributed by atoms with Crippen LogP contribution in [0.25, 0.3) is 0 Å². The van der Waals surface area contributed by atoms with Crippen molar-refractivity contribution in [2.75, 3.05) is 26.8 Å². The standard InChI is InChI=1S/C23H27N3O4/c1-16-3-5-17(6-4-16)13-24-20(27)18-7-8-19-22(29)25(11-12-26(19)21(18)28)14-23(9-10-23)15-30-2/h3-8H,9-15H2,1-2H3,(H,24,27). The minimum absolute atomic E-state index is 0.0582. The number of hydrogen-bond acceptors (Lipinski definition) is 4. The highest BCUT2D eigenvalue weighted by atomic mass is 16.5. The summed E-state index contributed by atoms with van der Waals surface area (Å²) in [5.74, 6) is -0.588. The molecule has 0 radical (unpaired) electrons. The number of hydrogen-bond donors (Lipinski definition) is 1. The molecule has 1 aliphatic heterocycles. The molecule has 2 aliphatic rings. The van der Waals surface area contributed by atoms with E-state index in [1.807, 2.05) is 31.2 Å². The Kier molecular flexibility index (Phi) is 5.47. The third-order valence-corrected chi connectivity index (χ3v) is 6.03. The summed E-state index contributed by atoms with van der Waals surface area (Å²) in [6, 6.07) is 10.9. The summed E-state index contributed by atoms with van der Waals surface area (Å²) in [5, 5.41) is 2.79. The summed E-state index contributed by atoms with van der Waals surface area (Å²) < 4.78 is 6.73. The molecule has 2 heterocycles. The lowest BCUT2D eigenvalue weighted by Gasteiger charge is -2.32. The number of aryl methyl sites for hydroxylation is 1. The van der Waals surface area contributed by atoms with Crippen molar-refractivity contribution in [3.05, 3.63) is 69.1 Å². The summed E-state index contributed by atoms with van der Waals surface area (Å²) >= 11 is 0. The van der Waals surface area contributed by atoms with Crippen LogP contribution in [0.3, 0.4) is 0 Å². The number of carbonyl (C=O) groups is 2. The van der Waals surface area contributed by atoms with Crippen molar-refractivity contribution in [1.82, 2.24) is 14.8 Å². The predicted octanol–water partition coefficient (Wildman–Crippen LogP) is 1.97. The van der Waals surface area contributed by atoms with Gasteiger partial charge in [0.15, 0.2) is 0 Å². The summed E-state index contributed by atoms with van der Waals surface area (Å²) in [6.07, 6.45) is 2.11. The number of aromatic nitrogens is 1. The van der Waals surface area contributed by atoms with Gasteiger partial charge in [-0.2, -0.15) is 0 Å². The van der Waals surface area contributed by atoms with E-state index in [-0.39, 0.29) is 16.9 Å². The average molecular weight is 409 g/mol. The van der Waals surface area contributed by atoms with Gasteiger partial charge in [-0.1, -0.05) is 29.8 Å². The van der Waals surface area contributed by atoms with E-state index in [4.69, 9.17) is 4.74 Å². The first-order valence-corrected chi connectivity index (χ1v) is 10.3. The molecule has 158 valence electrons. The molecule has 0 unspecified atom stereocenters. The predicted molar refractivity (Wildman–Crippen MR) is 112 cm³/mol. The smallest absolute Gasteiger partial charge is 0.270 e. The number of amides is 2. The fraction of sp³-hybridized carbons (Fsp3) is 0.435. The van der Waals surface area contributed by atoms with Crippen LogP contribution in [0, 0.1) is 12.3 Å². The molecule has 0 spiro atoms. The topological polar surface area (TPSA) is 80.6 Å². The van der Waals surface area contributed by atoms with E-state index in [0.717, 1.165) is 24.0 Å².